The fourth-order valence-electron chi connectivity index (χ4n) is 8.54. The topological polar surface area (TPSA) is 190 Å². The maximum absolute atomic E-state index is 13.4. The Balaban J connectivity index is 0.785. The molecule has 2 amide bonds. The lowest BCUT2D eigenvalue weighted by Gasteiger charge is -2.27. The zero-order valence-corrected chi connectivity index (χ0v) is 42.5. The van der Waals surface area contributed by atoms with E-state index in [0.29, 0.717) is 101 Å². The van der Waals surface area contributed by atoms with Gasteiger partial charge in [-0.05, 0) is 174 Å². The second-order valence-corrected chi connectivity index (χ2v) is 19.8. The number of amides is 2. The molecule has 2 fully saturated rings. The molecule has 2 aliphatic rings. The third-order valence-corrected chi connectivity index (χ3v) is 14.1. The van der Waals surface area contributed by atoms with Crippen LogP contribution in [0, 0.1) is 23.7 Å². The minimum Gasteiger partial charge on any atom is -0.497 e. The third-order valence-electron chi connectivity index (χ3n) is 12.9. The van der Waals surface area contributed by atoms with Crippen LogP contribution in [0.5, 0.6) is 28.7 Å². The van der Waals surface area contributed by atoms with Gasteiger partial charge in [-0.3, -0.25) is 39.0 Å². The molecule has 5 aromatic rings. The van der Waals surface area contributed by atoms with Crippen molar-refractivity contribution in [2.45, 2.75) is 77.7 Å². The number of benzene rings is 4. The van der Waals surface area contributed by atoms with Crippen molar-refractivity contribution in [3.63, 3.8) is 0 Å². The number of hydrazine groups is 1. The Morgan fingerprint density at radius 3 is 1.63 bits per heavy atom. The van der Waals surface area contributed by atoms with E-state index in [2.05, 4.69) is 5.43 Å². The first-order valence-electron chi connectivity index (χ1n) is 24.1. The monoisotopic (exact) mass is 1030 g/mol. The Morgan fingerprint density at radius 2 is 1.11 bits per heavy atom. The smallest absolute Gasteiger partial charge is 0.314 e. The highest BCUT2D eigenvalue weighted by Gasteiger charge is 2.34. The van der Waals surface area contributed by atoms with Crippen LogP contribution < -0.4 is 29.1 Å². The van der Waals surface area contributed by atoms with Crippen LogP contribution in [-0.2, 0) is 30.3 Å². The summed E-state index contributed by atoms with van der Waals surface area (Å²) in [5, 5.41) is 1.24. The van der Waals surface area contributed by atoms with E-state index in [9.17, 15) is 33.6 Å². The largest absolute Gasteiger partial charge is 0.497 e. The zero-order valence-electron chi connectivity index (χ0n) is 41.0. The van der Waals surface area contributed by atoms with E-state index in [-0.39, 0.29) is 53.7 Å². The molecule has 4 aromatic carbocycles. The number of hydrogen-bond donors (Lipinski definition) is 1. The second kappa shape index (κ2) is 25.4. The second-order valence-electron chi connectivity index (χ2n) is 18.1. The Hall–Kier alpha value is -7.30. The van der Waals surface area contributed by atoms with Crippen molar-refractivity contribution in [1.82, 2.24) is 10.4 Å². The normalized spacial score (nSPS) is 17.5. The van der Waals surface area contributed by atoms with Crippen LogP contribution in [0.3, 0.4) is 0 Å². The van der Waals surface area contributed by atoms with E-state index in [1.807, 2.05) is 12.1 Å². The molecule has 2 aliphatic carbocycles. The molecule has 73 heavy (non-hydrogen) atoms. The number of carbonyl (C=O) groups excluding carboxylic acids is 7. The quantitative estimate of drug-likeness (QED) is 0.0287. The number of ketones is 1. The molecule has 1 heterocycles. The van der Waals surface area contributed by atoms with Crippen molar-refractivity contribution in [3.05, 3.63) is 141 Å². The number of esters is 4. The van der Waals surface area contributed by atoms with Gasteiger partial charge < -0.3 is 28.4 Å². The molecule has 0 radical (unpaired) electrons. The SMILES string of the molecule is COc1ccc(C(=O)NN(C(=O)c2ccc(OC(=O)C3CCC(C(=O)OCCc4ccc(OC(=O)C5CCC(C(=O)Oc6ccc(OC)cc6/C=C/C(=O)c6ccc(Cl)s6)CC5)cc4)CC3)cc2)C(C)C)cc1. The van der Waals surface area contributed by atoms with E-state index in [4.69, 9.17) is 40.0 Å². The Morgan fingerprint density at radius 1 is 0.616 bits per heavy atom. The van der Waals surface area contributed by atoms with Gasteiger partial charge in [-0.1, -0.05) is 23.7 Å². The molecule has 0 aliphatic heterocycles. The van der Waals surface area contributed by atoms with Gasteiger partial charge in [-0.25, -0.2) is 5.01 Å². The summed E-state index contributed by atoms with van der Waals surface area (Å²) in [6, 6.07) is 27.6. The Bertz CT molecular complexity index is 2790. The van der Waals surface area contributed by atoms with Crippen LogP contribution in [0.1, 0.15) is 107 Å². The molecule has 7 rings (SSSR count). The molecule has 1 aromatic heterocycles. The maximum Gasteiger partial charge on any atom is 0.314 e. The molecule has 0 unspecified atom stereocenters. The molecule has 0 spiro atoms. The predicted molar refractivity (Wildman–Crippen MR) is 273 cm³/mol. The number of thiophene rings is 1. The summed E-state index contributed by atoms with van der Waals surface area (Å²) in [4.78, 5) is 91.9. The van der Waals surface area contributed by atoms with Gasteiger partial charge in [-0.15, -0.1) is 11.3 Å². The van der Waals surface area contributed by atoms with Crippen LogP contribution in [-0.4, -0.2) is 73.4 Å². The van der Waals surface area contributed by atoms with Crippen LogP contribution in [0.2, 0.25) is 4.34 Å². The first-order chi connectivity index (χ1) is 35.2. The van der Waals surface area contributed by atoms with E-state index < -0.39 is 35.6 Å². The first kappa shape index (κ1) is 53.5. The number of carbonyl (C=O) groups is 7. The third kappa shape index (κ3) is 14.7. The number of allylic oxidation sites excluding steroid dienone is 1. The highest BCUT2D eigenvalue weighted by atomic mass is 35.5. The Kier molecular flexibility index (Phi) is 18.6. The molecule has 17 heteroatoms. The molecule has 0 saturated heterocycles. The van der Waals surface area contributed by atoms with Gasteiger partial charge in [0.2, 0.25) is 0 Å². The van der Waals surface area contributed by atoms with Gasteiger partial charge >= 0.3 is 23.9 Å². The number of methoxy groups -OCH3 is 2. The van der Waals surface area contributed by atoms with Crippen molar-refractivity contribution >= 4 is 70.5 Å². The number of halogens is 1. The van der Waals surface area contributed by atoms with Crippen LogP contribution in [0.4, 0.5) is 0 Å². The lowest BCUT2D eigenvalue weighted by molar-refractivity contribution is -0.152. The summed E-state index contributed by atoms with van der Waals surface area (Å²) in [5.74, 6) is -2.09. The lowest BCUT2D eigenvalue weighted by atomic mass is 9.82. The number of ether oxygens (including phenoxy) is 6. The molecule has 1 N–H and O–H groups in total. The number of hydrogen-bond acceptors (Lipinski definition) is 14. The lowest BCUT2D eigenvalue weighted by Crippen LogP contribution is -2.50. The minimum absolute atomic E-state index is 0.162. The minimum atomic E-state index is -0.453. The van der Waals surface area contributed by atoms with Crippen LogP contribution >= 0.6 is 22.9 Å². The first-order valence-corrected chi connectivity index (χ1v) is 25.3. The van der Waals surface area contributed by atoms with Crippen LogP contribution in [0.25, 0.3) is 6.08 Å². The fourth-order valence-corrected chi connectivity index (χ4v) is 9.50. The van der Waals surface area contributed by atoms with Gasteiger partial charge in [0.1, 0.15) is 28.7 Å². The van der Waals surface area contributed by atoms with E-state index in [1.54, 1.807) is 86.7 Å². The average molecular weight is 1030 g/mol. The highest BCUT2D eigenvalue weighted by molar-refractivity contribution is 7.18. The van der Waals surface area contributed by atoms with E-state index >= 15 is 0 Å². The van der Waals surface area contributed by atoms with Gasteiger partial charge in [-0.2, -0.15) is 0 Å². The maximum atomic E-state index is 13.4. The molecule has 0 bridgehead atoms. The van der Waals surface area contributed by atoms with E-state index in [1.165, 1.54) is 60.9 Å². The van der Waals surface area contributed by atoms with Crippen molar-refractivity contribution in [1.29, 1.82) is 0 Å². The predicted octanol–water partition coefficient (Wildman–Crippen LogP) is 10.3. The van der Waals surface area contributed by atoms with Gasteiger partial charge in [0.05, 0.1) is 53.7 Å². The molecular weight excluding hydrogens is 976 g/mol. The van der Waals surface area contributed by atoms with Crippen LogP contribution in [0.15, 0.2) is 109 Å². The molecule has 2 saturated carbocycles. The van der Waals surface area contributed by atoms with Gasteiger partial charge in [0, 0.05) is 29.2 Å². The number of rotatable bonds is 18. The van der Waals surface area contributed by atoms with Crippen molar-refractivity contribution in [2.75, 3.05) is 20.8 Å². The summed E-state index contributed by atoms with van der Waals surface area (Å²) in [6.07, 6.45) is 7.10. The summed E-state index contributed by atoms with van der Waals surface area (Å²) in [5.41, 5.74) is 4.71. The van der Waals surface area contributed by atoms with E-state index in [0.717, 1.165) is 5.56 Å². The van der Waals surface area contributed by atoms with Gasteiger partial charge in [0.15, 0.2) is 5.78 Å². The summed E-state index contributed by atoms with van der Waals surface area (Å²) in [7, 11) is 3.05. The summed E-state index contributed by atoms with van der Waals surface area (Å²) < 4.78 is 33.8. The zero-order chi connectivity index (χ0) is 52.0. The standard InChI is InChI=1S/C56H57ClN2O13S/c1-34(2)59(58-51(61)36-15-22-43(67-3)23-16-36)52(62)37-17-24-45(25-18-37)71-55(65)39-9-7-38(8-10-39)53(63)69-32-31-35-5-20-44(21-6-35)70-54(64)40-11-13-41(14-12-40)56(66)72-48-28-26-46(68-4)33-42(48)19-27-47(60)49-29-30-50(57)73-49/h5-6,15-30,33-34,38-41H,7-14,31-32H2,1-4H3,(H,58,61)/b27-19+. The van der Waals surface area contributed by atoms with Gasteiger partial charge in [0.25, 0.3) is 11.8 Å². The number of nitrogens with zero attached hydrogens (tertiary/aromatic N) is 1. The summed E-state index contributed by atoms with van der Waals surface area (Å²) >= 11 is 7.16. The van der Waals surface area contributed by atoms with Crippen molar-refractivity contribution in [3.8, 4) is 28.7 Å². The molecule has 15 nitrogen and oxygen atoms in total. The Labute approximate surface area is 432 Å². The van der Waals surface area contributed by atoms with Crippen molar-refractivity contribution in [2.24, 2.45) is 23.7 Å². The highest BCUT2D eigenvalue weighted by Crippen LogP contribution is 2.34. The number of nitrogens with one attached hydrogen (secondary N) is 1. The molecule has 382 valence electrons. The summed E-state index contributed by atoms with van der Waals surface area (Å²) in [6.45, 7) is 3.72. The molecule has 0 atom stereocenters. The van der Waals surface area contributed by atoms with Crippen molar-refractivity contribution < 1.29 is 62.0 Å². The average Bonchev–Trinajstić information content (AvgIpc) is 3.86. The fraction of sp³-hybridized carbons (Fsp3) is 0.339. The molecular formula is C56H57ClN2O13S.